The molecule has 3 N–H and O–H groups in total. The van der Waals surface area contributed by atoms with Crippen LogP contribution in [0.5, 0.6) is 5.75 Å². The van der Waals surface area contributed by atoms with Gasteiger partial charge in [-0.3, -0.25) is 9.78 Å². The van der Waals surface area contributed by atoms with Crippen molar-refractivity contribution in [3.05, 3.63) is 52.9 Å². The highest BCUT2D eigenvalue weighted by Gasteiger charge is 2.22. The first-order valence-corrected chi connectivity index (χ1v) is 11.4. The maximum Gasteiger partial charge on any atom is 0.252 e. The Morgan fingerprint density at radius 1 is 1.24 bits per heavy atom. The number of pyridine rings is 1. The number of nitrogens with zero attached hydrogens (tertiary/aromatic N) is 3. The van der Waals surface area contributed by atoms with E-state index >= 15 is 0 Å². The van der Waals surface area contributed by atoms with Gasteiger partial charge in [-0.05, 0) is 31.7 Å². The lowest BCUT2D eigenvalue weighted by atomic mass is 10.1. The van der Waals surface area contributed by atoms with Gasteiger partial charge in [-0.25, -0.2) is 4.39 Å². The number of nitrogens with two attached hydrogens (primary N) is 1. The van der Waals surface area contributed by atoms with E-state index in [1.807, 2.05) is 19.1 Å². The number of rotatable bonds is 7. The van der Waals surface area contributed by atoms with E-state index in [-0.39, 0.29) is 10.6 Å². The standard InChI is InChI=1S/C24H27ClFN5O2/c1-3-30-8-10-31(11-9-30)20-12-15-19(13-21(20)33-4-2)28-14-16(24(27)32)23(15)29-18-7-5-6-17(26)22(18)25/h5-7,12-14H,3-4,8-11H2,1-2H3,(H2,27,32)(H,28,29). The number of carbonyl (C=O) groups is 1. The number of likely N-dealkylation sites (N-methyl/N-ethyl adjacent to an activating group) is 1. The molecule has 0 spiro atoms. The fourth-order valence-corrected chi connectivity index (χ4v) is 4.26. The predicted molar refractivity (Wildman–Crippen MR) is 130 cm³/mol. The second-order valence-corrected chi connectivity index (χ2v) is 8.21. The van der Waals surface area contributed by atoms with Gasteiger partial charge in [-0.2, -0.15) is 0 Å². The molecule has 1 saturated heterocycles. The first-order chi connectivity index (χ1) is 15.9. The van der Waals surface area contributed by atoms with Gasteiger partial charge in [0.2, 0.25) is 0 Å². The van der Waals surface area contributed by atoms with Crippen LogP contribution in [0, 0.1) is 5.82 Å². The minimum atomic E-state index is -0.647. The van der Waals surface area contributed by atoms with Crippen LogP contribution in [0.15, 0.2) is 36.5 Å². The summed E-state index contributed by atoms with van der Waals surface area (Å²) in [4.78, 5) is 21.3. The van der Waals surface area contributed by atoms with Crippen molar-refractivity contribution >= 4 is 45.5 Å². The minimum Gasteiger partial charge on any atom is -0.492 e. The van der Waals surface area contributed by atoms with E-state index < -0.39 is 11.7 Å². The molecule has 1 fully saturated rings. The molecule has 9 heteroatoms. The molecule has 33 heavy (non-hydrogen) atoms. The monoisotopic (exact) mass is 471 g/mol. The molecule has 0 aliphatic carbocycles. The number of piperazine rings is 1. The lowest BCUT2D eigenvalue weighted by Gasteiger charge is -2.36. The summed E-state index contributed by atoms with van der Waals surface area (Å²) < 4.78 is 20.0. The van der Waals surface area contributed by atoms with Gasteiger partial charge >= 0.3 is 0 Å². The zero-order chi connectivity index (χ0) is 23.5. The molecule has 7 nitrogen and oxygen atoms in total. The zero-order valence-electron chi connectivity index (χ0n) is 18.7. The summed E-state index contributed by atoms with van der Waals surface area (Å²) >= 11 is 6.17. The van der Waals surface area contributed by atoms with Gasteiger partial charge < -0.3 is 25.6 Å². The van der Waals surface area contributed by atoms with E-state index in [0.29, 0.717) is 28.9 Å². The summed E-state index contributed by atoms with van der Waals surface area (Å²) in [5, 5.41) is 3.72. The number of fused-ring (bicyclic) bond motifs is 1. The molecule has 1 amide bonds. The van der Waals surface area contributed by atoms with E-state index in [2.05, 4.69) is 27.0 Å². The van der Waals surface area contributed by atoms with Gasteiger partial charge in [-0.1, -0.05) is 24.6 Å². The minimum absolute atomic E-state index is 0.0697. The van der Waals surface area contributed by atoms with E-state index in [1.54, 1.807) is 12.1 Å². The average Bonchev–Trinajstić information content (AvgIpc) is 2.82. The van der Waals surface area contributed by atoms with Crippen LogP contribution in [0.25, 0.3) is 10.9 Å². The summed E-state index contributed by atoms with van der Waals surface area (Å²) in [7, 11) is 0. The van der Waals surface area contributed by atoms with Crippen LogP contribution in [-0.4, -0.2) is 55.1 Å². The van der Waals surface area contributed by atoms with Crippen molar-refractivity contribution in [2.24, 2.45) is 5.73 Å². The van der Waals surface area contributed by atoms with Crippen LogP contribution in [0.1, 0.15) is 24.2 Å². The van der Waals surface area contributed by atoms with Gasteiger partial charge in [0, 0.05) is 43.8 Å². The number of hydrogen-bond donors (Lipinski definition) is 2. The Hall–Kier alpha value is -3.10. The number of aromatic nitrogens is 1. The maximum atomic E-state index is 14.1. The molecule has 1 aliphatic rings. The third-order valence-electron chi connectivity index (χ3n) is 5.89. The molecule has 1 aromatic heterocycles. The van der Waals surface area contributed by atoms with Crippen LogP contribution in [0.3, 0.4) is 0 Å². The Labute approximate surface area is 197 Å². The smallest absolute Gasteiger partial charge is 0.252 e. The maximum absolute atomic E-state index is 14.1. The third-order valence-corrected chi connectivity index (χ3v) is 6.27. The number of halogens is 2. The molecule has 0 radical (unpaired) electrons. The van der Waals surface area contributed by atoms with Gasteiger partial charge in [0.1, 0.15) is 11.6 Å². The summed E-state index contributed by atoms with van der Waals surface area (Å²) in [6.45, 7) is 9.21. The molecule has 3 aromatic rings. The van der Waals surface area contributed by atoms with Crippen molar-refractivity contribution in [3.63, 3.8) is 0 Å². The van der Waals surface area contributed by atoms with E-state index in [4.69, 9.17) is 22.1 Å². The second-order valence-electron chi connectivity index (χ2n) is 7.83. The van der Waals surface area contributed by atoms with Crippen molar-refractivity contribution in [1.29, 1.82) is 0 Å². The number of primary amides is 1. The number of amides is 1. The van der Waals surface area contributed by atoms with Crippen LogP contribution in [-0.2, 0) is 0 Å². The van der Waals surface area contributed by atoms with Crippen LogP contribution >= 0.6 is 11.6 Å². The van der Waals surface area contributed by atoms with E-state index in [0.717, 1.165) is 44.2 Å². The first kappa shape index (κ1) is 23.1. The molecular weight excluding hydrogens is 445 g/mol. The molecule has 0 unspecified atom stereocenters. The molecule has 0 saturated carbocycles. The summed E-state index contributed by atoms with van der Waals surface area (Å²) in [5.41, 5.74) is 8.13. The first-order valence-electron chi connectivity index (χ1n) is 11.0. The highest BCUT2D eigenvalue weighted by atomic mass is 35.5. The molecule has 1 aliphatic heterocycles. The van der Waals surface area contributed by atoms with Crippen molar-refractivity contribution in [2.45, 2.75) is 13.8 Å². The van der Waals surface area contributed by atoms with E-state index in [1.165, 1.54) is 12.3 Å². The average molecular weight is 472 g/mol. The number of hydrogen-bond acceptors (Lipinski definition) is 6. The Balaban J connectivity index is 1.87. The lowest BCUT2D eigenvalue weighted by molar-refractivity contribution is 0.100. The zero-order valence-corrected chi connectivity index (χ0v) is 19.5. The van der Waals surface area contributed by atoms with Gasteiger partial charge in [-0.15, -0.1) is 0 Å². The predicted octanol–water partition coefficient (Wildman–Crippen LogP) is 4.41. The Bertz CT molecular complexity index is 1180. The molecular formula is C24H27ClFN5O2. The fraction of sp³-hybridized carbons (Fsp3) is 0.333. The van der Waals surface area contributed by atoms with Gasteiger partial charge in [0.15, 0.2) is 0 Å². The number of anilines is 3. The molecule has 2 heterocycles. The largest absolute Gasteiger partial charge is 0.492 e. The lowest BCUT2D eigenvalue weighted by Crippen LogP contribution is -2.46. The topological polar surface area (TPSA) is 83.7 Å². The van der Waals surface area contributed by atoms with Gasteiger partial charge in [0.25, 0.3) is 5.91 Å². The fourth-order valence-electron chi connectivity index (χ4n) is 4.09. The van der Waals surface area contributed by atoms with Crippen LogP contribution in [0.2, 0.25) is 5.02 Å². The van der Waals surface area contributed by atoms with Crippen molar-refractivity contribution in [3.8, 4) is 5.75 Å². The van der Waals surface area contributed by atoms with E-state index in [9.17, 15) is 9.18 Å². The Morgan fingerprint density at radius 2 is 2.00 bits per heavy atom. The highest BCUT2D eigenvalue weighted by molar-refractivity contribution is 6.33. The van der Waals surface area contributed by atoms with Crippen LogP contribution < -0.4 is 20.7 Å². The molecule has 0 atom stereocenters. The molecule has 4 rings (SSSR count). The van der Waals surface area contributed by atoms with Crippen molar-refractivity contribution < 1.29 is 13.9 Å². The quantitative estimate of drug-likeness (QED) is 0.531. The molecule has 174 valence electrons. The van der Waals surface area contributed by atoms with Gasteiger partial charge in [0.05, 0.1) is 39.8 Å². The summed E-state index contributed by atoms with van der Waals surface area (Å²) in [5.74, 6) is -0.482. The van der Waals surface area contributed by atoms with Crippen LogP contribution in [0.4, 0.5) is 21.5 Å². The van der Waals surface area contributed by atoms with Crippen molar-refractivity contribution in [2.75, 3.05) is 49.5 Å². The SMILES string of the molecule is CCOc1cc2ncc(C(N)=O)c(Nc3cccc(F)c3Cl)c2cc1N1CCN(CC)CC1. The number of ether oxygens (including phenoxy) is 1. The Kier molecular flexibility index (Phi) is 6.85. The number of carbonyl (C=O) groups excluding carboxylic acids is 1. The third kappa shape index (κ3) is 4.67. The normalized spacial score (nSPS) is 14.5. The molecule has 0 bridgehead atoms. The van der Waals surface area contributed by atoms with Crippen molar-refractivity contribution in [1.82, 2.24) is 9.88 Å². The summed E-state index contributed by atoms with van der Waals surface area (Å²) in [6.07, 6.45) is 1.41. The molecule has 2 aromatic carbocycles. The Morgan fingerprint density at radius 3 is 2.67 bits per heavy atom. The number of nitrogens with one attached hydrogen (secondary N) is 1. The number of benzene rings is 2. The summed E-state index contributed by atoms with van der Waals surface area (Å²) in [6, 6.07) is 8.28. The highest BCUT2D eigenvalue weighted by Crippen LogP contribution is 2.39. The second kappa shape index (κ2) is 9.80.